The van der Waals surface area contributed by atoms with Crippen molar-refractivity contribution in [2.45, 2.75) is 38.6 Å². The summed E-state index contributed by atoms with van der Waals surface area (Å²) in [6.45, 7) is 3.96. The molecule has 0 bridgehead atoms. The molecule has 1 amide bonds. The summed E-state index contributed by atoms with van der Waals surface area (Å²) in [5, 5.41) is 4.29. The largest absolute Gasteiger partial charge is 0.353 e. The molecule has 2 aliphatic heterocycles. The van der Waals surface area contributed by atoms with Crippen LogP contribution in [0.4, 0.5) is 10.2 Å². The van der Waals surface area contributed by atoms with E-state index in [2.05, 4.69) is 26.0 Å². The van der Waals surface area contributed by atoms with Gasteiger partial charge in [-0.05, 0) is 56.4 Å². The van der Waals surface area contributed by atoms with Gasteiger partial charge in [-0.3, -0.25) is 4.79 Å². The molecular weight excluding hydrogens is 383 g/mol. The van der Waals surface area contributed by atoms with Crippen LogP contribution in [0.25, 0.3) is 5.65 Å². The maximum Gasteiger partial charge on any atom is 0.226 e. The Morgan fingerprint density at radius 1 is 1.23 bits per heavy atom. The lowest BCUT2D eigenvalue weighted by molar-refractivity contribution is -0.132. The van der Waals surface area contributed by atoms with Gasteiger partial charge in [-0.1, -0.05) is 6.07 Å². The zero-order valence-electron chi connectivity index (χ0n) is 17.0. The van der Waals surface area contributed by atoms with Gasteiger partial charge in [0.2, 0.25) is 5.91 Å². The van der Waals surface area contributed by atoms with Crippen LogP contribution in [0, 0.1) is 18.7 Å². The molecule has 7 nitrogen and oxygen atoms in total. The minimum atomic E-state index is -0.282. The monoisotopic (exact) mass is 408 g/mol. The molecule has 2 saturated heterocycles. The minimum Gasteiger partial charge on any atom is -0.353 e. The Morgan fingerprint density at radius 2 is 2.13 bits per heavy atom. The Labute approximate surface area is 174 Å². The van der Waals surface area contributed by atoms with E-state index < -0.39 is 0 Å². The summed E-state index contributed by atoms with van der Waals surface area (Å²) < 4.78 is 15.4. The molecule has 30 heavy (non-hydrogen) atoms. The highest BCUT2D eigenvalue weighted by atomic mass is 19.1. The number of hydrogen-bond donors (Lipinski definition) is 0. The maximum absolute atomic E-state index is 13.5. The average molecular weight is 408 g/mol. The summed E-state index contributed by atoms with van der Waals surface area (Å²) in [6, 6.07) is 8.02. The molecule has 156 valence electrons. The normalized spacial score (nSPS) is 21.5. The number of pyridine rings is 2. The van der Waals surface area contributed by atoms with Crippen LogP contribution in [-0.4, -0.2) is 56.1 Å². The first-order valence-corrected chi connectivity index (χ1v) is 10.6. The second kappa shape index (κ2) is 7.66. The first-order valence-electron chi connectivity index (χ1n) is 10.6. The Balaban J connectivity index is 1.20. The first kappa shape index (κ1) is 19.0. The first-order chi connectivity index (χ1) is 14.6. The van der Waals surface area contributed by atoms with Crippen molar-refractivity contribution in [2.75, 3.05) is 24.5 Å². The van der Waals surface area contributed by atoms with Gasteiger partial charge in [0.15, 0.2) is 5.65 Å². The number of aromatic nitrogens is 4. The number of piperazine rings is 1. The van der Waals surface area contributed by atoms with Gasteiger partial charge in [0.25, 0.3) is 0 Å². The number of carbonyl (C=O) groups is 1. The molecule has 0 N–H and O–H groups in total. The molecule has 3 aromatic rings. The highest BCUT2D eigenvalue weighted by Crippen LogP contribution is 2.32. The Kier molecular flexibility index (Phi) is 4.84. The fraction of sp³-hybridized carbons (Fsp3) is 0.455. The summed E-state index contributed by atoms with van der Waals surface area (Å²) in [7, 11) is 0. The van der Waals surface area contributed by atoms with E-state index in [1.54, 1.807) is 19.3 Å². The van der Waals surface area contributed by atoms with E-state index >= 15 is 0 Å². The number of fused-ring (bicyclic) bond motifs is 2. The molecule has 0 saturated carbocycles. The smallest absolute Gasteiger partial charge is 0.226 e. The Hall–Kier alpha value is -3.03. The van der Waals surface area contributed by atoms with Crippen LogP contribution >= 0.6 is 0 Å². The van der Waals surface area contributed by atoms with E-state index in [1.165, 1.54) is 6.20 Å². The number of aryl methyl sites for hydroxylation is 2. The van der Waals surface area contributed by atoms with Crippen molar-refractivity contribution in [2.24, 2.45) is 5.92 Å². The van der Waals surface area contributed by atoms with Crippen molar-refractivity contribution in [3.05, 3.63) is 53.9 Å². The zero-order chi connectivity index (χ0) is 20.7. The summed E-state index contributed by atoms with van der Waals surface area (Å²) in [6.07, 6.45) is 6.43. The van der Waals surface area contributed by atoms with E-state index in [0.29, 0.717) is 12.1 Å². The van der Waals surface area contributed by atoms with Crippen LogP contribution in [-0.2, 0) is 11.2 Å². The number of anilines is 1. The number of carbonyl (C=O) groups excluding carboxylic acids is 1. The second-order valence-electron chi connectivity index (χ2n) is 8.30. The molecule has 5 rings (SSSR count). The van der Waals surface area contributed by atoms with E-state index in [0.717, 1.165) is 55.9 Å². The fourth-order valence-corrected chi connectivity index (χ4v) is 4.78. The molecule has 2 aliphatic rings. The van der Waals surface area contributed by atoms with E-state index in [-0.39, 0.29) is 23.7 Å². The highest BCUT2D eigenvalue weighted by Gasteiger charge is 2.42. The van der Waals surface area contributed by atoms with Gasteiger partial charge >= 0.3 is 0 Å². The standard InChI is InChI=1S/C22H25FN6O/c1-15-10-21(24-12-19(15)23)27-8-9-28-18(13-27)11-16(22(28)30)4-2-5-17-6-3-7-20-25-14-26-29(17)20/h3,6-7,10,12,14,16,18H,2,4-5,8-9,11,13H2,1H3/t16?,18-/m0/s1. The van der Waals surface area contributed by atoms with Crippen LogP contribution in [0.2, 0.25) is 0 Å². The molecule has 2 fully saturated rings. The van der Waals surface area contributed by atoms with Crippen LogP contribution in [0.15, 0.2) is 36.8 Å². The molecule has 3 aromatic heterocycles. The summed E-state index contributed by atoms with van der Waals surface area (Å²) in [4.78, 5) is 25.6. The second-order valence-corrected chi connectivity index (χ2v) is 8.30. The molecule has 0 radical (unpaired) electrons. The van der Waals surface area contributed by atoms with E-state index in [9.17, 15) is 9.18 Å². The maximum atomic E-state index is 13.5. The van der Waals surface area contributed by atoms with Gasteiger partial charge in [0, 0.05) is 31.2 Å². The number of nitrogens with zero attached hydrogens (tertiary/aromatic N) is 6. The summed E-state index contributed by atoms with van der Waals surface area (Å²) in [5.41, 5.74) is 2.58. The van der Waals surface area contributed by atoms with Gasteiger partial charge in [-0.15, -0.1) is 0 Å². The van der Waals surface area contributed by atoms with Gasteiger partial charge in [-0.2, -0.15) is 5.10 Å². The molecular formula is C22H25FN6O. The molecule has 2 atom stereocenters. The lowest BCUT2D eigenvalue weighted by Crippen LogP contribution is -2.51. The molecule has 0 aliphatic carbocycles. The van der Waals surface area contributed by atoms with Crippen LogP contribution in [0.5, 0.6) is 0 Å². The predicted octanol–water partition coefficient (Wildman–Crippen LogP) is 2.63. The van der Waals surface area contributed by atoms with Crippen LogP contribution in [0.1, 0.15) is 30.5 Å². The topological polar surface area (TPSA) is 66.6 Å². The lowest BCUT2D eigenvalue weighted by Gasteiger charge is -2.38. The lowest BCUT2D eigenvalue weighted by atomic mass is 9.97. The highest BCUT2D eigenvalue weighted by molar-refractivity contribution is 5.82. The van der Waals surface area contributed by atoms with Crippen molar-refractivity contribution in [3.63, 3.8) is 0 Å². The number of rotatable bonds is 5. The number of amides is 1. The van der Waals surface area contributed by atoms with E-state index in [4.69, 9.17) is 0 Å². The van der Waals surface area contributed by atoms with Crippen molar-refractivity contribution in [1.82, 2.24) is 24.5 Å². The number of hydrogen-bond acceptors (Lipinski definition) is 5. The average Bonchev–Trinajstić information content (AvgIpc) is 3.35. The summed E-state index contributed by atoms with van der Waals surface area (Å²) in [5.74, 6) is 0.870. The van der Waals surface area contributed by atoms with Gasteiger partial charge in [0.1, 0.15) is 18.0 Å². The Morgan fingerprint density at radius 3 is 3.00 bits per heavy atom. The molecule has 8 heteroatoms. The third-order valence-electron chi connectivity index (χ3n) is 6.39. The third kappa shape index (κ3) is 3.40. The van der Waals surface area contributed by atoms with Gasteiger partial charge in [0.05, 0.1) is 12.2 Å². The quantitative estimate of drug-likeness (QED) is 0.649. The fourth-order valence-electron chi connectivity index (χ4n) is 4.78. The van der Waals surface area contributed by atoms with Crippen molar-refractivity contribution in [1.29, 1.82) is 0 Å². The van der Waals surface area contributed by atoms with Crippen LogP contribution < -0.4 is 4.90 Å². The van der Waals surface area contributed by atoms with Gasteiger partial charge in [-0.25, -0.2) is 18.9 Å². The van der Waals surface area contributed by atoms with Gasteiger partial charge < -0.3 is 9.80 Å². The molecule has 0 spiro atoms. The minimum absolute atomic E-state index is 0.0767. The van der Waals surface area contributed by atoms with Crippen molar-refractivity contribution in [3.8, 4) is 0 Å². The van der Waals surface area contributed by atoms with Crippen molar-refractivity contribution >= 4 is 17.4 Å². The van der Waals surface area contributed by atoms with Crippen molar-refractivity contribution < 1.29 is 9.18 Å². The zero-order valence-corrected chi connectivity index (χ0v) is 17.0. The third-order valence-corrected chi connectivity index (χ3v) is 6.39. The Bertz CT molecular complexity index is 1080. The predicted molar refractivity (Wildman–Crippen MR) is 111 cm³/mol. The van der Waals surface area contributed by atoms with Crippen LogP contribution in [0.3, 0.4) is 0 Å². The molecule has 1 unspecified atom stereocenters. The molecule has 0 aromatic carbocycles. The van der Waals surface area contributed by atoms with E-state index in [1.807, 2.05) is 21.5 Å². The summed E-state index contributed by atoms with van der Waals surface area (Å²) >= 11 is 0. The SMILES string of the molecule is Cc1cc(N2CCN3C(=O)C(CCCc4cccc5ncnn45)C[C@H]3C2)ncc1F. The number of halogens is 1. The molecule has 5 heterocycles.